The van der Waals surface area contributed by atoms with Crippen molar-refractivity contribution in [1.82, 2.24) is 0 Å². The van der Waals surface area contributed by atoms with Gasteiger partial charge in [0.1, 0.15) is 6.61 Å². The minimum atomic E-state index is -1.20. The van der Waals surface area contributed by atoms with Gasteiger partial charge in [-0.15, -0.1) is 0 Å². The first-order valence-electron chi connectivity index (χ1n) is 5.33. The van der Waals surface area contributed by atoms with Crippen LogP contribution >= 0.6 is 0 Å². The number of carbonyl (C=O) groups excluding carboxylic acids is 1. The second kappa shape index (κ2) is 5.30. The fraction of sp³-hybridized carbons (Fsp3) is 0.167. The normalized spacial score (nSPS) is 11.8. The molecule has 0 saturated carbocycles. The number of aromatic carboxylic acids is 1. The van der Waals surface area contributed by atoms with Gasteiger partial charge in [-0.3, -0.25) is 5.32 Å². The van der Waals surface area contributed by atoms with E-state index < -0.39 is 12.1 Å². The van der Waals surface area contributed by atoms with Gasteiger partial charge in [-0.05, 0) is 0 Å². The molecule has 0 saturated heterocycles. The summed E-state index contributed by atoms with van der Waals surface area (Å²) in [5.74, 6) is -0.510. The van der Waals surface area contributed by atoms with Gasteiger partial charge in [-0.2, -0.15) is 0 Å². The van der Waals surface area contributed by atoms with E-state index in [4.69, 9.17) is 19.3 Å². The van der Waals surface area contributed by atoms with Crippen molar-refractivity contribution in [1.29, 1.82) is 0 Å². The first kappa shape index (κ1) is 12.7. The van der Waals surface area contributed by atoms with Crippen molar-refractivity contribution in [3.05, 3.63) is 30.4 Å². The zero-order valence-corrected chi connectivity index (χ0v) is 9.84. The van der Waals surface area contributed by atoms with Crippen molar-refractivity contribution in [2.45, 2.75) is 0 Å². The summed E-state index contributed by atoms with van der Waals surface area (Å²) in [6.07, 6.45) is 0.624. The largest absolute Gasteiger partial charge is 0.478 e. The van der Waals surface area contributed by atoms with Crippen LogP contribution in [0.15, 0.2) is 24.8 Å². The molecule has 1 aromatic carbocycles. The quantitative estimate of drug-likeness (QED) is 0.807. The molecule has 1 amide bonds. The van der Waals surface area contributed by atoms with Crippen LogP contribution in [0.2, 0.25) is 0 Å². The van der Waals surface area contributed by atoms with Gasteiger partial charge in [0.05, 0.1) is 11.3 Å². The molecule has 7 nitrogen and oxygen atoms in total. The van der Waals surface area contributed by atoms with E-state index in [1.807, 2.05) is 0 Å². The van der Waals surface area contributed by atoms with Crippen LogP contribution in [0.1, 0.15) is 10.4 Å². The average Bonchev–Trinajstić information content (AvgIpc) is 2.82. The molecule has 0 aliphatic carbocycles. The molecule has 1 aliphatic heterocycles. The molecule has 2 N–H and O–H groups in total. The Labute approximate surface area is 108 Å². The lowest BCUT2D eigenvalue weighted by Gasteiger charge is -2.09. The maximum Gasteiger partial charge on any atom is 0.411 e. The van der Waals surface area contributed by atoms with Crippen molar-refractivity contribution in [2.75, 3.05) is 18.7 Å². The minimum Gasteiger partial charge on any atom is -0.478 e. The van der Waals surface area contributed by atoms with E-state index in [1.165, 1.54) is 18.2 Å². The lowest BCUT2D eigenvalue weighted by Crippen LogP contribution is -2.16. The highest BCUT2D eigenvalue weighted by Gasteiger charge is 2.21. The Balaban J connectivity index is 2.25. The Hall–Kier alpha value is -2.70. The molecule has 19 heavy (non-hydrogen) atoms. The molecule has 0 aromatic heterocycles. The zero-order chi connectivity index (χ0) is 13.8. The number of hydrogen-bond acceptors (Lipinski definition) is 5. The number of nitrogens with one attached hydrogen (secondary N) is 1. The molecule has 0 radical (unpaired) electrons. The lowest BCUT2D eigenvalue weighted by atomic mass is 10.1. The van der Waals surface area contributed by atoms with Crippen LogP contribution in [0.25, 0.3) is 0 Å². The predicted molar refractivity (Wildman–Crippen MR) is 64.7 cm³/mol. The summed E-state index contributed by atoms with van der Waals surface area (Å²) in [5, 5.41) is 11.4. The first-order valence-corrected chi connectivity index (χ1v) is 5.33. The van der Waals surface area contributed by atoms with Gasteiger partial charge in [-0.25, -0.2) is 9.59 Å². The Bertz CT molecular complexity index is 539. The molecular weight excluding hydrogens is 254 g/mol. The first-order chi connectivity index (χ1) is 9.11. The van der Waals surface area contributed by atoms with Crippen LogP contribution in [0.5, 0.6) is 11.5 Å². The van der Waals surface area contributed by atoms with Gasteiger partial charge in [0.25, 0.3) is 0 Å². The molecule has 100 valence electrons. The van der Waals surface area contributed by atoms with E-state index >= 15 is 0 Å². The van der Waals surface area contributed by atoms with Crippen LogP contribution in [-0.4, -0.2) is 30.6 Å². The van der Waals surface area contributed by atoms with Crippen molar-refractivity contribution in [3.63, 3.8) is 0 Å². The summed E-state index contributed by atoms with van der Waals surface area (Å²) in [6, 6.07) is 2.66. The van der Waals surface area contributed by atoms with Crippen molar-refractivity contribution in [3.8, 4) is 11.5 Å². The van der Waals surface area contributed by atoms with Crippen molar-refractivity contribution in [2.24, 2.45) is 0 Å². The molecule has 1 heterocycles. The van der Waals surface area contributed by atoms with Crippen molar-refractivity contribution >= 4 is 17.7 Å². The van der Waals surface area contributed by atoms with Crippen LogP contribution in [0, 0.1) is 0 Å². The van der Waals surface area contributed by atoms with E-state index in [9.17, 15) is 9.59 Å². The number of benzene rings is 1. The van der Waals surface area contributed by atoms with E-state index in [-0.39, 0.29) is 24.7 Å². The predicted octanol–water partition coefficient (Wildman–Crippen LogP) is 1.85. The summed E-state index contributed by atoms with van der Waals surface area (Å²) < 4.78 is 14.9. The Kier molecular flexibility index (Phi) is 3.56. The van der Waals surface area contributed by atoms with E-state index in [0.29, 0.717) is 11.5 Å². The van der Waals surface area contributed by atoms with Gasteiger partial charge in [0.15, 0.2) is 11.5 Å². The lowest BCUT2D eigenvalue weighted by molar-refractivity contribution is 0.0697. The summed E-state index contributed by atoms with van der Waals surface area (Å²) in [7, 11) is 0. The molecule has 7 heteroatoms. The summed E-state index contributed by atoms with van der Waals surface area (Å²) in [6.45, 7) is 3.44. The molecule has 1 aromatic rings. The third-order valence-electron chi connectivity index (χ3n) is 2.31. The Morgan fingerprint density at radius 1 is 1.42 bits per heavy atom. The van der Waals surface area contributed by atoms with Gasteiger partial charge < -0.3 is 19.3 Å². The number of carboxylic acids is 1. The Morgan fingerprint density at radius 3 is 2.74 bits per heavy atom. The molecule has 2 rings (SSSR count). The fourth-order valence-electron chi connectivity index (χ4n) is 1.50. The number of ether oxygens (including phenoxy) is 3. The monoisotopic (exact) mass is 265 g/mol. The summed E-state index contributed by atoms with van der Waals surface area (Å²) in [4.78, 5) is 22.5. The number of carboxylic acid groups (broad SMARTS) is 1. The number of anilines is 1. The maximum absolute atomic E-state index is 11.4. The highest BCUT2D eigenvalue weighted by atomic mass is 16.7. The zero-order valence-electron chi connectivity index (χ0n) is 9.84. The molecule has 1 aliphatic rings. The van der Waals surface area contributed by atoms with Crippen LogP contribution in [0.4, 0.5) is 10.5 Å². The third kappa shape index (κ3) is 2.76. The molecule has 0 bridgehead atoms. The van der Waals surface area contributed by atoms with Crippen LogP contribution in [0.3, 0.4) is 0 Å². The van der Waals surface area contributed by atoms with Gasteiger partial charge >= 0.3 is 12.1 Å². The average molecular weight is 265 g/mol. The summed E-state index contributed by atoms with van der Waals surface area (Å²) >= 11 is 0. The van der Waals surface area contributed by atoms with Gasteiger partial charge in [-0.1, -0.05) is 12.7 Å². The van der Waals surface area contributed by atoms with Crippen LogP contribution < -0.4 is 14.8 Å². The van der Waals surface area contributed by atoms with E-state index in [1.54, 1.807) is 0 Å². The SMILES string of the molecule is C=CCOC(=O)Nc1cc2c(cc1C(=O)O)OCO2. The second-order valence-corrected chi connectivity index (χ2v) is 3.57. The van der Waals surface area contributed by atoms with Crippen LogP contribution in [-0.2, 0) is 4.74 Å². The van der Waals surface area contributed by atoms with Gasteiger partial charge in [0, 0.05) is 12.1 Å². The second-order valence-electron chi connectivity index (χ2n) is 3.57. The number of amides is 1. The number of rotatable bonds is 4. The highest BCUT2D eigenvalue weighted by Crippen LogP contribution is 2.37. The minimum absolute atomic E-state index is 0.0127. The molecular formula is C12H11NO6. The maximum atomic E-state index is 11.4. The smallest absolute Gasteiger partial charge is 0.411 e. The van der Waals surface area contributed by atoms with Gasteiger partial charge in [0.2, 0.25) is 6.79 Å². The topological polar surface area (TPSA) is 94.1 Å². The summed E-state index contributed by atoms with van der Waals surface area (Å²) in [5.41, 5.74) is -0.0365. The molecule has 0 atom stereocenters. The standard InChI is InChI=1S/C12H11NO6/c1-2-3-17-12(16)13-8-5-10-9(18-6-19-10)4-7(8)11(14)15/h2,4-5H,1,3,6H2,(H,13,16)(H,14,15). The van der Waals surface area contributed by atoms with Crippen molar-refractivity contribution < 1.29 is 28.9 Å². The molecule has 0 unspecified atom stereocenters. The highest BCUT2D eigenvalue weighted by molar-refractivity contribution is 5.99. The number of carbonyl (C=O) groups is 2. The van der Waals surface area contributed by atoms with E-state index in [0.717, 1.165) is 0 Å². The number of fused-ring (bicyclic) bond motifs is 1. The third-order valence-corrected chi connectivity index (χ3v) is 2.31. The van der Waals surface area contributed by atoms with E-state index in [2.05, 4.69) is 11.9 Å². The fourth-order valence-corrected chi connectivity index (χ4v) is 1.50. The number of hydrogen-bond donors (Lipinski definition) is 2. The molecule has 0 spiro atoms. The molecule has 0 fully saturated rings. The Morgan fingerprint density at radius 2 is 2.11 bits per heavy atom.